The van der Waals surface area contributed by atoms with E-state index in [0.717, 1.165) is 23.6 Å². The van der Waals surface area contributed by atoms with Gasteiger partial charge in [-0.25, -0.2) is 13.1 Å². The summed E-state index contributed by atoms with van der Waals surface area (Å²) in [6.07, 6.45) is 2.74. The van der Waals surface area contributed by atoms with Gasteiger partial charge in [-0.1, -0.05) is 17.7 Å². The predicted molar refractivity (Wildman–Crippen MR) is 96.3 cm³/mol. The number of carbonyl (C=O) groups is 1. The van der Waals surface area contributed by atoms with Gasteiger partial charge in [-0.2, -0.15) is 5.10 Å². The van der Waals surface area contributed by atoms with E-state index < -0.39 is 15.7 Å². The van der Waals surface area contributed by atoms with E-state index in [1.54, 1.807) is 18.4 Å². The van der Waals surface area contributed by atoms with Gasteiger partial charge in [-0.05, 0) is 30.9 Å². The molecule has 3 N–H and O–H groups in total. The van der Waals surface area contributed by atoms with Crippen molar-refractivity contribution in [2.75, 3.05) is 23.6 Å². The Bertz CT molecular complexity index is 894. The molecule has 1 amide bonds. The topological polar surface area (TPSA) is 107 Å². The van der Waals surface area contributed by atoms with Crippen LogP contribution in [-0.4, -0.2) is 36.6 Å². The number of rotatable bonds is 5. The molecular formula is C14H17ClN4O3S2. The summed E-state index contributed by atoms with van der Waals surface area (Å²) in [6, 6.07) is 5.24. The summed E-state index contributed by atoms with van der Waals surface area (Å²) in [5.74, 6) is -0.477. The molecule has 7 nitrogen and oxygen atoms in total. The van der Waals surface area contributed by atoms with E-state index in [9.17, 15) is 13.2 Å². The highest BCUT2D eigenvalue weighted by atomic mass is 35.5. The van der Waals surface area contributed by atoms with Crippen LogP contribution in [0.4, 0.5) is 11.5 Å². The Labute approximate surface area is 149 Å². The summed E-state index contributed by atoms with van der Waals surface area (Å²) < 4.78 is 24.8. The third kappa shape index (κ3) is 4.03. The summed E-state index contributed by atoms with van der Waals surface area (Å²) in [5, 5.41) is 7.43. The number of anilines is 2. The lowest BCUT2D eigenvalue weighted by atomic mass is 10.2. The summed E-state index contributed by atoms with van der Waals surface area (Å²) in [5.41, 5.74) is 7.29. The number of nitrogens with two attached hydrogens (primary N) is 1. The number of hydrogen-bond acceptors (Lipinski definition) is 6. The monoisotopic (exact) mass is 388 g/mol. The van der Waals surface area contributed by atoms with E-state index in [2.05, 4.69) is 10.4 Å². The highest BCUT2D eigenvalue weighted by Crippen LogP contribution is 2.29. The van der Waals surface area contributed by atoms with Crippen molar-refractivity contribution in [1.29, 1.82) is 0 Å². The number of nitrogens with one attached hydrogen (secondary N) is 1. The zero-order chi connectivity index (χ0) is 18.1. The Balaban J connectivity index is 2.25. The van der Waals surface area contributed by atoms with E-state index in [4.69, 9.17) is 17.3 Å². The molecule has 2 rings (SSSR count). The molecule has 0 bridgehead atoms. The molecule has 0 spiro atoms. The molecule has 0 aliphatic carbocycles. The minimum absolute atomic E-state index is 0.0591. The van der Waals surface area contributed by atoms with Crippen LogP contribution < -0.4 is 11.1 Å². The molecule has 1 aromatic heterocycles. The molecule has 0 aliphatic rings. The number of nitrogens with zero attached hydrogens (tertiary/aromatic N) is 2. The molecule has 130 valence electrons. The number of hydrogen-bond donors (Lipinski definition) is 2. The smallest absolute Gasteiger partial charge is 0.246 e. The first kappa shape index (κ1) is 18.6. The fraction of sp³-hybridized carbons (Fsp3) is 0.286. The van der Waals surface area contributed by atoms with Crippen molar-refractivity contribution in [3.8, 4) is 0 Å². The van der Waals surface area contributed by atoms with Crippen molar-refractivity contribution >= 4 is 50.6 Å². The van der Waals surface area contributed by atoms with Crippen molar-refractivity contribution in [3.63, 3.8) is 0 Å². The number of thioether (sulfide) groups is 1. The molecule has 0 saturated carbocycles. The first-order valence-electron chi connectivity index (χ1n) is 6.79. The summed E-state index contributed by atoms with van der Waals surface area (Å²) >= 11 is 7.22. The molecule has 2 aromatic rings. The number of benzene rings is 1. The van der Waals surface area contributed by atoms with Crippen LogP contribution in [0.1, 0.15) is 5.56 Å². The maximum atomic E-state index is 12.2. The predicted octanol–water partition coefficient (Wildman–Crippen LogP) is 2.19. The molecule has 0 radical (unpaired) electrons. The molecule has 1 aromatic carbocycles. The lowest BCUT2D eigenvalue weighted by molar-refractivity contribution is -0.116. The second-order valence-corrected chi connectivity index (χ2v) is 8.34. The zero-order valence-corrected chi connectivity index (χ0v) is 15.7. The minimum atomic E-state index is -3.54. The van der Waals surface area contributed by atoms with Crippen LogP contribution in [-0.2, 0) is 21.2 Å². The molecular weight excluding hydrogens is 372 g/mol. The third-order valence-corrected chi connectivity index (χ3v) is 5.43. The van der Waals surface area contributed by atoms with Crippen LogP contribution in [0.15, 0.2) is 28.1 Å². The van der Waals surface area contributed by atoms with E-state index >= 15 is 0 Å². The molecule has 0 saturated heterocycles. The van der Waals surface area contributed by atoms with Crippen molar-refractivity contribution in [3.05, 3.63) is 28.8 Å². The molecule has 0 aliphatic heterocycles. The third-order valence-electron chi connectivity index (χ3n) is 3.17. The van der Waals surface area contributed by atoms with Crippen LogP contribution in [0.2, 0.25) is 5.02 Å². The van der Waals surface area contributed by atoms with Crippen molar-refractivity contribution in [2.24, 2.45) is 0 Å². The van der Waals surface area contributed by atoms with Gasteiger partial charge in [-0.15, -0.1) is 11.8 Å². The van der Waals surface area contributed by atoms with Gasteiger partial charge in [0.05, 0.1) is 10.7 Å². The number of aryl methyl sites for hydroxylation is 1. The van der Waals surface area contributed by atoms with E-state index in [0.29, 0.717) is 10.7 Å². The highest BCUT2D eigenvalue weighted by molar-refractivity contribution is 7.99. The van der Waals surface area contributed by atoms with Crippen LogP contribution in [0.5, 0.6) is 0 Å². The molecule has 0 atom stereocenters. The summed E-state index contributed by atoms with van der Waals surface area (Å²) in [6.45, 7) is 1.66. The van der Waals surface area contributed by atoms with Gasteiger partial charge in [0.15, 0.2) is 9.84 Å². The van der Waals surface area contributed by atoms with Gasteiger partial charge in [0.1, 0.15) is 22.3 Å². The van der Waals surface area contributed by atoms with E-state index in [1.807, 2.05) is 13.0 Å². The second kappa shape index (κ2) is 7.04. The Morgan fingerprint density at radius 2 is 2.12 bits per heavy atom. The van der Waals surface area contributed by atoms with Crippen LogP contribution in [0, 0.1) is 6.92 Å². The Morgan fingerprint density at radius 3 is 2.62 bits per heavy atom. The number of halogens is 1. The van der Waals surface area contributed by atoms with Crippen LogP contribution in [0.3, 0.4) is 0 Å². The van der Waals surface area contributed by atoms with Gasteiger partial charge in [0.2, 0.25) is 5.91 Å². The van der Waals surface area contributed by atoms with Crippen LogP contribution in [0.25, 0.3) is 0 Å². The lowest BCUT2D eigenvalue weighted by Crippen LogP contribution is -2.21. The fourth-order valence-electron chi connectivity index (χ4n) is 2.09. The number of amides is 1. The number of aromatic nitrogens is 2. The standard InChI is InChI=1S/C14H17ClN4O3S2/c1-8-4-5-10(9(15)6-8)17-11(20)7-19-13(16)12(24(3,21)22)14(18-19)23-2/h4-6H,7,16H2,1-3H3,(H,17,20). The molecule has 1 heterocycles. The minimum Gasteiger partial charge on any atom is -0.383 e. The van der Waals surface area contributed by atoms with E-state index in [-0.39, 0.29) is 22.3 Å². The lowest BCUT2D eigenvalue weighted by Gasteiger charge is -2.09. The maximum Gasteiger partial charge on any atom is 0.246 e. The summed E-state index contributed by atoms with van der Waals surface area (Å²) in [7, 11) is -3.54. The van der Waals surface area contributed by atoms with Gasteiger partial charge in [0, 0.05) is 6.26 Å². The van der Waals surface area contributed by atoms with Crippen molar-refractivity contribution in [1.82, 2.24) is 9.78 Å². The Morgan fingerprint density at radius 1 is 1.46 bits per heavy atom. The van der Waals surface area contributed by atoms with Gasteiger partial charge in [-0.3, -0.25) is 4.79 Å². The van der Waals surface area contributed by atoms with Gasteiger partial charge in [0.25, 0.3) is 0 Å². The number of carbonyl (C=O) groups excluding carboxylic acids is 1. The quantitative estimate of drug-likeness (QED) is 0.760. The highest BCUT2D eigenvalue weighted by Gasteiger charge is 2.24. The summed E-state index contributed by atoms with van der Waals surface area (Å²) in [4.78, 5) is 12.1. The SMILES string of the molecule is CSc1nn(CC(=O)Nc2ccc(C)cc2Cl)c(N)c1S(C)(=O)=O. The first-order chi connectivity index (χ1) is 11.1. The maximum absolute atomic E-state index is 12.2. The van der Waals surface area contributed by atoms with Crippen molar-refractivity contribution < 1.29 is 13.2 Å². The average molecular weight is 389 g/mol. The molecule has 0 unspecified atom stereocenters. The fourth-order valence-corrected chi connectivity index (χ4v) is 4.39. The van der Waals surface area contributed by atoms with E-state index in [1.165, 1.54) is 4.68 Å². The average Bonchev–Trinajstić information content (AvgIpc) is 2.78. The Kier molecular flexibility index (Phi) is 5.46. The van der Waals surface area contributed by atoms with Crippen LogP contribution >= 0.6 is 23.4 Å². The largest absolute Gasteiger partial charge is 0.383 e. The second-order valence-electron chi connectivity index (χ2n) is 5.18. The number of nitrogen functional groups attached to an aromatic ring is 1. The molecule has 10 heteroatoms. The normalized spacial score (nSPS) is 11.5. The van der Waals surface area contributed by atoms with Crippen molar-refractivity contribution in [2.45, 2.75) is 23.4 Å². The zero-order valence-electron chi connectivity index (χ0n) is 13.3. The van der Waals surface area contributed by atoms with Gasteiger partial charge < -0.3 is 11.1 Å². The molecule has 24 heavy (non-hydrogen) atoms. The van der Waals surface area contributed by atoms with Gasteiger partial charge >= 0.3 is 0 Å². The first-order valence-corrected chi connectivity index (χ1v) is 10.3. The molecule has 0 fully saturated rings. The Hall–Kier alpha value is -1.71. The number of sulfone groups is 1.